The molecule has 1 fully saturated rings. The number of methoxy groups -OCH3 is 1. The molecule has 1 aliphatic carbocycles. The molecule has 20 heavy (non-hydrogen) atoms. The molecule has 1 N–H and O–H groups in total. The molecule has 4 nitrogen and oxygen atoms in total. The molecule has 1 aliphatic rings. The lowest BCUT2D eigenvalue weighted by Gasteiger charge is -2.27. The maximum Gasteiger partial charge on any atom is 0.135 e. The van der Waals surface area contributed by atoms with Gasteiger partial charge in [0.1, 0.15) is 5.75 Å². The van der Waals surface area contributed by atoms with E-state index < -0.39 is 5.89 Å². The summed E-state index contributed by atoms with van der Waals surface area (Å²) in [5.74, 6) is 0.122. The summed E-state index contributed by atoms with van der Waals surface area (Å²) in [5, 5.41) is 15.0. The van der Waals surface area contributed by atoms with Crippen LogP contribution in [-0.4, -0.2) is 28.6 Å². The molecule has 0 spiro atoms. The fourth-order valence-corrected chi connectivity index (χ4v) is 3.34. The van der Waals surface area contributed by atoms with Crippen LogP contribution in [0.5, 0.6) is 5.75 Å². The highest BCUT2D eigenvalue weighted by molar-refractivity contribution is 9.10. The third kappa shape index (κ3) is 2.56. The Morgan fingerprint density at radius 2 is 2.20 bits per heavy atom. The van der Waals surface area contributed by atoms with Crippen molar-refractivity contribution >= 4 is 26.8 Å². The van der Waals surface area contributed by atoms with Gasteiger partial charge in [-0.3, -0.25) is 4.68 Å². The number of aliphatic hydroxyl groups is 1. The van der Waals surface area contributed by atoms with Crippen LogP contribution in [0.25, 0.3) is 10.9 Å². The van der Waals surface area contributed by atoms with Crippen LogP contribution in [0.4, 0.5) is 0 Å². The predicted octanol–water partition coefficient (Wildman–Crippen LogP) is 3.53. The lowest BCUT2D eigenvalue weighted by atomic mass is 9.87. The van der Waals surface area contributed by atoms with Gasteiger partial charge in [-0.25, -0.2) is 0 Å². The second-order valence-corrected chi connectivity index (χ2v) is 6.15. The molecule has 0 saturated heterocycles. The molecule has 1 saturated carbocycles. The summed E-state index contributed by atoms with van der Waals surface area (Å²) >= 11 is 3.49. The van der Waals surface area contributed by atoms with Crippen LogP contribution in [0, 0.1) is 5.89 Å². The second kappa shape index (κ2) is 5.74. The number of hydrogen-bond acceptors (Lipinski definition) is 3. The molecule has 1 aromatic carbocycles. The van der Waals surface area contributed by atoms with Gasteiger partial charge in [-0.05, 0) is 53.6 Å². The van der Waals surface area contributed by atoms with Gasteiger partial charge in [-0.2, -0.15) is 5.10 Å². The summed E-state index contributed by atoms with van der Waals surface area (Å²) in [4.78, 5) is 0. The van der Waals surface area contributed by atoms with Gasteiger partial charge in [-0.1, -0.05) is 0 Å². The number of halogens is 1. The van der Waals surface area contributed by atoms with Crippen molar-refractivity contribution in [2.45, 2.75) is 31.7 Å². The standard InChI is InChI=1S/C15H19BrN2O2/c1-20-15-7-14-11(6-13(15)16)8-18(17-14)12-4-2-10(9-19)3-5-12/h6-8,10,12,19H,2-5,9H2,1H3/i10D. The number of aliphatic hydroxyl groups excluding tert-OH is 1. The van der Waals surface area contributed by atoms with Crippen LogP contribution in [0.2, 0.25) is 0 Å². The smallest absolute Gasteiger partial charge is 0.135 e. The van der Waals surface area contributed by atoms with Crippen LogP contribution in [0.1, 0.15) is 33.1 Å². The Bertz CT molecular complexity index is 650. The fraction of sp³-hybridized carbons (Fsp3) is 0.533. The van der Waals surface area contributed by atoms with Gasteiger partial charge in [0.05, 0.1) is 23.1 Å². The number of nitrogens with zero attached hydrogens (tertiary/aromatic N) is 2. The highest BCUT2D eigenvalue weighted by Crippen LogP contribution is 2.34. The van der Waals surface area contributed by atoms with Crippen molar-refractivity contribution in [1.29, 1.82) is 0 Å². The summed E-state index contributed by atoms with van der Waals surface area (Å²) in [7, 11) is 1.65. The van der Waals surface area contributed by atoms with E-state index >= 15 is 0 Å². The Kier molecular flexibility index (Phi) is 3.63. The third-order valence-electron chi connectivity index (χ3n) is 4.06. The molecular formula is C15H19BrN2O2. The Balaban J connectivity index is 1.85. The van der Waals surface area contributed by atoms with Gasteiger partial charge in [0.15, 0.2) is 0 Å². The molecule has 1 aromatic heterocycles. The predicted molar refractivity (Wildman–Crippen MR) is 82.1 cm³/mol. The van der Waals surface area contributed by atoms with Crippen molar-refractivity contribution in [2.24, 2.45) is 5.89 Å². The monoisotopic (exact) mass is 339 g/mol. The van der Waals surface area contributed by atoms with Crippen molar-refractivity contribution in [1.82, 2.24) is 9.78 Å². The second-order valence-electron chi connectivity index (χ2n) is 5.29. The molecule has 2 aromatic rings. The number of hydrogen-bond donors (Lipinski definition) is 1. The van der Waals surface area contributed by atoms with E-state index in [2.05, 4.69) is 27.2 Å². The van der Waals surface area contributed by atoms with E-state index in [1.807, 2.05) is 16.8 Å². The summed E-state index contributed by atoms with van der Waals surface area (Å²) in [5.41, 5.74) is 0.917. The Morgan fingerprint density at radius 3 is 2.85 bits per heavy atom. The zero-order valence-electron chi connectivity index (χ0n) is 12.5. The van der Waals surface area contributed by atoms with Crippen LogP contribution in [0.3, 0.4) is 0 Å². The van der Waals surface area contributed by atoms with Crippen molar-refractivity contribution in [3.8, 4) is 5.75 Å². The molecule has 108 valence electrons. The van der Waals surface area contributed by atoms with Gasteiger partial charge in [0.25, 0.3) is 0 Å². The van der Waals surface area contributed by atoms with Gasteiger partial charge in [0, 0.05) is 25.6 Å². The summed E-state index contributed by atoms with van der Waals surface area (Å²) in [6, 6.07) is 4.26. The average molecular weight is 340 g/mol. The highest BCUT2D eigenvalue weighted by atomic mass is 79.9. The van der Waals surface area contributed by atoms with Crippen molar-refractivity contribution < 1.29 is 11.2 Å². The first kappa shape index (κ1) is 12.7. The van der Waals surface area contributed by atoms with E-state index in [1.54, 1.807) is 7.11 Å². The molecule has 1 heterocycles. The topological polar surface area (TPSA) is 47.3 Å². The number of ether oxygens (including phenoxy) is 1. The Hall–Kier alpha value is -1.07. The summed E-state index contributed by atoms with van der Waals surface area (Å²) in [6.45, 7) is -0.0506. The Morgan fingerprint density at radius 1 is 1.45 bits per heavy atom. The number of rotatable bonds is 3. The molecule has 0 unspecified atom stereocenters. The lowest BCUT2D eigenvalue weighted by molar-refractivity contribution is 0.165. The summed E-state index contributed by atoms with van der Waals surface area (Å²) in [6.07, 6.45) is 5.27. The summed E-state index contributed by atoms with van der Waals surface area (Å²) < 4.78 is 16.3. The lowest BCUT2D eigenvalue weighted by Crippen LogP contribution is -2.20. The van der Waals surface area contributed by atoms with E-state index in [1.165, 1.54) is 0 Å². The van der Waals surface area contributed by atoms with Crippen LogP contribution >= 0.6 is 15.9 Å². The molecule has 0 radical (unpaired) electrons. The normalized spacial score (nSPS) is 27.6. The minimum atomic E-state index is -0.657. The molecule has 0 aliphatic heterocycles. The van der Waals surface area contributed by atoms with Crippen LogP contribution in [0.15, 0.2) is 22.8 Å². The van der Waals surface area contributed by atoms with Crippen molar-refractivity contribution in [3.63, 3.8) is 0 Å². The molecule has 3 rings (SSSR count). The Labute approximate surface area is 128 Å². The molecule has 0 atom stereocenters. The maximum absolute atomic E-state index is 9.28. The minimum absolute atomic E-state index is 0.0506. The van der Waals surface area contributed by atoms with E-state index in [9.17, 15) is 5.11 Å². The van der Waals surface area contributed by atoms with E-state index in [-0.39, 0.29) is 6.61 Å². The molecular weight excluding hydrogens is 320 g/mol. The van der Waals surface area contributed by atoms with Gasteiger partial charge < -0.3 is 9.84 Å². The SMILES string of the molecule is [2H]C1(CO)CCC(n2cc3cc(Br)c(OC)cc3n2)CC1. The van der Waals surface area contributed by atoms with Crippen LogP contribution in [-0.2, 0) is 0 Å². The van der Waals surface area contributed by atoms with Crippen molar-refractivity contribution in [2.75, 3.05) is 13.7 Å². The average Bonchev–Trinajstić information content (AvgIpc) is 2.89. The maximum atomic E-state index is 9.28. The van der Waals surface area contributed by atoms with Gasteiger partial charge >= 0.3 is 0 Å². The number of aromatic nitrogens is 2. The first-order valence-corrected chi connectivity index (χ1v) is 7.67. The van der Waals surface area contributed by atoms with E-state index in [4.69, 9.17) is 6.11 Å². The highest BCUT2D eigenvalue weighted by Gasteiger charge is 2.22. The minimum Gasteiger partial charge on any atom is -0.495 e. The van der Waals surface area contributed by atoms with Crippen molar-refractivity contribution in [3.05, 3.63) is 22.8 Å². The van der Waals surface area contributed by atoms with E-state index in [0.29, 0.717) is 6.04 Å². The van der Waals surface area contributed by atoms with E-state index in [0.717, 1.165) is 46.8 Å². The molecule has 0 amide bonds. The first-order valence-electron chi connectivity index (χ1n) is 7.38. The quantitative estimate of drug-likeness (QED) is 0.930. The zero-order chi connectivity index (χ0) is 15.0. The number of fused-ring (bicyclic) bond motifs is 1. The van der Waals surface area contributed by atoms with Crippen LogP contribution < -0.4 is 4.74 Å². The molecule has 0 bridgehead atoms. The molecule has 5 heteroatoms. The third-order valence-corrected chi connectivity index (χ3v) is 4.68. The van der Waals surface area contributed by atoms with Gasteiger partial charge in [-0.15, -0.1) is 0 Å². The first-order chi connectivity index (χ1) is 10.0. The fourth-order valence-electron chi connectivity index (χ4n) is 2.82. The largest absolute Gasteiger partial charge is 0.495 e. The number of benzene rings is 1. The zero-order valence-corrected chi connectivity index (χ0v) is 13.1. The van der Waals surface area contributed by atoms with Gasteiger partial charge in [0.2, 0.25) is 0 Å².